The van der Waals surface area contributed by atoms with Crippen molar-refractivity contribution in [3.63, 3.8) is 0 Å². The Bertz CT molecular complexity index is 784. The van der Waals surface area contributed by atoms with E-state index in [1.54, 1.807) is 14.2 Å². The van der Waals surface area contributed by atoms with Gasteiger partial charge in [-0.2, -0.15) is 0 Å². The molecule has 1 aromatic carbocycles. The first-order valence-corrected chi connectivity index (χ1v) is 10.1. The second-order valence-electron chi connectivity index (χ2n) is 7.23. The molecule has 0 atom stereocenters. The van der Waals surface area contributed by atoms with Crippen LogP contribution < -0.4 is 20.3 Å². The van der Waals surface area contributed by atoms with E-state index in [-0.39, 0.29) is 0 Å². The van der Waals surface area contributed by atoms with Gasteiger partial charge in [-0.25, -0.2) is 4.98 Å². The van der Waals surface area contributed by atoms with Crippen LogP contribution in [-0.2, 0) is 13.0 Å². The smallest absolute Gasteiger partial charge is 0.191 e. The summed E-state index contributed by atoms with van der Waals surface area (Å²) >= 11 is 0. The SMILES string of the molecule is CN=C(NCCc1ccc(OC)cc1)NCc1cccnc1N1CCN(C)CC1. The number of ether oxygens (including phenoxy) is 1. The molecule has 0 amide bonds. The number of aliphatic imine (C=N–C) groups is 1. The second kappa shape index (κ2) is 10.7. The zero-order valence-corrected chi connectivity index (χ0v) is 17.7. The standard InChI is InChI=1S/C22H32N6O/c1-23-22(25-12-10-18-6-8-20(29-3)9-7-18)26-17-19-5-4-11-24-21(19)28-15-13-27(2)14-16-28/h4-9,11H,10,12-17H2,1-3H3,(H2,23,25,26). The molecular formula is C22H32N6O. The van der Waals surface area contributed by atoms with E-state index >= 15 is 0 Å². The summed E-state index contributed by atoms with van der Waals surface area (Å²) in [5.41, 5.74) is 2.45. The molecule has 2 heterocycles. The topological polar surface area (TPSA) is 65.0 Å². The maximum absolute atomic E-state index is 5.21. The molecule has 3 rings (SSSR count). The van der Waals surface area contributed by atoms with Gasteiger partial charge in [0.1, 0.15) is 11.6 Å². The van der Waals surface area contributed by atoms with E-state index in [2.05, 4.69) is 55.7 Å². The largest absolute Gasteiger partial charge is 0.497 e. The molecule has 2 aromatic rings. The van der Waals surface area contributed by atoms with Gasteiger partial charge >= 0.3 is 0 Å². The van der Waals surface area contributed by atoms with Gasteiger partial charge in [-0.3, -0.25) is 4.99 Å². The maximum atomic E-state index is 5.21. The molecule has 0 aliphatic carbocycles. The third-order valence-corrected chi connectivity index (χ3v) is 5.21. The van der Waals surface area contributed by atoms with Crippen molar-refractivity contribution in [2.24, 2.45) is 4.99 Å². The summed E-state index contributed by atoms with van der Waals surface area (Å²) in [6, 6.07) is 12.3. The molecule has 0 bridgehead atoms. The third-order valence-electron chi connectivity index (χ3n) is 5.21. The number of rotatable bonds is 7. The molecule has 7 nitrogen and oxygen atoms in total. The minimum atomic E-state index is 0.692. The Morgan fingerprint density at radius 2 is 1.86 bits per heavy atom. The predicted octanol–water partition coefficient (Wildman–Crippen LogP) is 1.75. The molecule has 1 saturated heterocycles. The zero-order valence-electron chi connectivity index (χ0n) is 17.7. The fraction of sp³-hybridized carbons (Fsp3) is 0.455. The van der Waals surface area contributed by atoms with Crippen LogP contribution in [0.2, 0.25) is 0 Å². The van der Waals surface area contributed by atoms with Crippen molar-refractivity contribution in [3.05, 3.63) is 53.7 Å². The number of piperazine rings is 1. The van der Waals surface area contributed by atoms with Crippen LogP contribution in [0.1, 0.15) is 11.1 Å². The summed E-state index contributed by atoms with van der Waals surface area (Å²) < 4.78 is 5.21. The molecule has 1 aliphatic rings. The number of methoxy groups -OCH3 is 1. The number of pyridine rings is 1. The number of guanidine groups is 1. The molecule has 1 aliphatic heterocycles. The number of likely N-dealkylation sites (N-methyl/N-ethyl adjacent to an activating group) is 1. The molecule has 29 heavy (non-hydrogen) atoms. The van der Waals surface area contributed by atoms with Crippen LogP contribution in [0.25, 0.3) is 0 Å². The first-order chi connectivity index (χ1) is 14.2. The normalized spacial score (nSPS) is 15.3. The lowest BCUT2D eigenvalue weighted by Gasteiger charge is -2.34. The van der Waals surface area contributed by atoms with Gasteiger partial charge < -0.3 is 25.2 Å². The van der Waals surface area contributed by atoms with Crippen LogP contribution in [-0.4, -0.2) is 69.8 Å². The van der Waals surface area contributed by atoms with E-state index < -0.39 is 0 Å². The molecule has 0 saturated carbocycles. The average molecular weight is 397 g/mol. The molecule has 7 heteroatoms. The minimum absolute atomic E-state index is 0.692. The van der Waals surface area contributed by atoms with Crippen LogP contribution in [0, 0.1) is 0 Å². The monoisotopic (exact) mass is 396 g/mol. The van der Waals surface area contributed by atoms with Crippen molar-refractivity contribution in [1.82, 2.24) is 20.5 Å². The number of hydrogen-bond donors (Lipinski definition) is 2. The van der Waals surface area contributed by atoms with Crippen LogP contribution in [0.15, 0.2) is 47.6 Å². The van der Waals surface area contributed by atoms with Gasteiger partial charge in [-0.1, -0.05) is 18.2 Å². The van der Waals surface area contributed by atoms with Crippen molar-refractivity contribution in [1.29, 1.82) is 0 Å². The maximum Gasteiger partial charge on any atom is 0.191 e. The van der Waals surface area contributed by atoms with Gasteiger partial charge in [0.25, 0.3) is 0 Å². The highest BCUT2D eigenvalue weighted by Crippen LogP contribution is 2.18. The molecule has 1 aromatic heterocycles. The lowest BCUT2D eigenvalue weighted by molar-refractivity contribution is 0.312. The van der Waals surface area contributed by atoms with E-state index in [0.29, 0.717) is 6.54 Å². The number of nitrogens with zero attached hydrogens (tertiary/aromatic N) is 4. The van der Waals surface area contributed by atoms with Crippen molar-refractivity contribution < 1.29 is 4.74 Å². The first-order valence-electron chi connectivity index (χ1n) is 10.1. The second-order valence-corrected chi connectivity index (χ2v) is 7.23. The number of hydrogen-bond acceptors (Lipinski definition) is 5. The van der Waals surface area contributed by atoms with Crippen LogP contribution in [0.4, 0.5) is 5.82 Å². The quantitative estimate of drug-likeness (QED) is 0.549. The molecule has 0 radical (unpaired) electrons. The van der Waals surface area contributed by atoms with Gasteiger partial charge in [0.05, 0.1) is 7.11 Å². The molecule has 2 N–H and O–H groups in total. The van der Waals surface area contributed by atoms with Gasteiger partial charge in [-0.05, 0) is 37.2 Å². The molecule has 0 spiro atoms. The molecular weight excluding hydrogens is 364 g/mol. The number of aromatic nitrogens is 1. The average Bonchev–Trinajstić information content (AvgIpc) is 2.77. The summed E-state index contributed by atoms with van der Waals surface area (Å²) in [4.78, 5) is 13.7. The summed E-state index contributed by atoms with van der Waals surface area (Å²) in [6.07, 6.45) is 2.79. The number of nitrogens with one attached hydrogen (secondary N) is 2. The Labute approximate surface area is 173 Å². The van der Waals surface area contributed by atoms with Crippen molar-refractivity contribution in [3.8, 4) is 5.75 Å². The lowest BCUT2D eigenvalue weighted by atomic mass is 10.1. The van der Waals surface area contributed by atoms with E-state index in [0.717, 1.165) is 56.7 Å². The number of anilines is 1. The van der Waals surface area contributed by atoms with Crippen molar-refractivity contribution in [2.75, 3.05) is 58.8 Å². The van der Waals surface area contributed by atoms with Crippen molar-refractivity contribution in [2.45, 2.75) is 13.0 Å². The Kier molecular flexibility index (Phi) is 7.69. The molecule has 0 unspecified atom stereocenters. The number of benzene rings is 1. The van der Waals surface area contributed by atoms with Crippen LogP contribution in [0.5, 0.6) is 5.75 Å². The highest BCUT2D eigenvalue weighted by molar-refractivity contribution is 5.79. The predicted molar refractivity (Wildman–Crippen MR) is 119 cm³/mol. The Morgan fingerprint density at radius 3 is 2.55 bits per heavy atom. The fourth-order valence-corrected chi connectivity index (χ4v) is 3.39. The highest BCUT2D eigenvalue weighted by Gasteiger charge is 2.17. The van der Waals surface area contributed by atoms with Crippen molar-refractivity contribution >= 4 is 11.8 Å². The van der Waals surface area contributed by atoms with E-state index in [4.69, 9.17) is 4.74 Å². The van der Waals surface area contributed by atoms with Crippen LogP contribution in [0.3, 0.4) is 0 Å². The summed E-state index contributed by atoms with van der Waals surface area (Å²) in [5.74, 6) is 2.75. The third kappa shape index (κ3) is 6.09. The Hall–Kier alpha value is -2.80. The Morgan fingerprint density at radius 1 is 1.10 bits per heavy atom. The van der Waals surface area contributed by atoms with E-state index in [9.17, 15) is 0 Å². The lowest BCUT2D eigenvalue weighted by Crippen LogP contribution is -2.45. The molecule has 1 fully saturated rings. The summed E-state index contributed by atoms with van der Waals surface area (Å²) in [7, 11) is 5.65. The van der Waals surface area contributed by atoms with Gasteiger partial charge in [0, 0.05) is 58.1 Å². The fourth-order valence-electron chi connectivity index (χ4n) is 3.39. The van der Waals surface area contributed by atoms with Crippen LogP contribution >= 0.6 is 0 Å². The first kappa shape index (κ1) is 20.9. The highest BCUT2D eigenvalue weighted by atomic mass is 16.5. The Balaban J connectivity index is 1.50. The van der Waals surface area contributed by atoms with E-state index in [1.807, 2.05) is 24.4 Å². The van der Waals surface area contributed by atoms with Gasteiger partial charge in [0.2, 0.25) is 0 Å². The summed E-state index contributed by atoms with van der Waals surface area (Å²) in [5, 5.41) is 6.81. The van der Waals surface area contributed by atoms with Gasteiger partial charge in [-0.15, -0.1) is 0 Å². The summed E-state index contributed by atoms with van der Waals surface area (Å²) in [6.45, 7) is 5.66. The molecule has 156 valence electrons. The van der Waals surface area contributed by atoms with E-state index in [1.165, 1.54) is 11.1 Å². The zero-order chi connectivity index (χ0) is 20.5. The van der Waals surface area contributed by atoms with Gasteiger partial charge in [0.15, 0.2) is 5.96 Å². The minimum Gasteiger partial charge on any atom is -0.497 e.